The number of piperazine rings is 1. The normalized spacial score (nSPS) is 17.8. The smallest absolute Gasteiger partial charge is 0.281 e. The highest BCUT2D eigenvalue weighted by molar-refractivity contribution is 7.86. The third kappa shape index (κ3) is 4.38. The molecule has 1 unspecified atom stereocenters. The zero-order valence-corrected chi connectivity index (χ0v) is 15.5. The minimum Gasteiger partial charge on any atom is -0.481 e. The lowest BCUT2D eigenvalue weighted by molar-refractivity contribution is -0.139. The van der Waals surface area contributed by atoms with Gasteiger partial charge in [0.15, 0.2) is 6.10 Å². The van der Waals surface area contributed by atoms with Gasteiger partial charge in [-0.25, -0.2) is 0 Å². The van der Waals surface area contributed by atoms with Gasteiger partial charge in [0.1, 0.15) is 5.75 Å². The van der Waals surface area contributed by atoms with Crippen LogP contribution in [0, 0.1) is 0 Å². The van der Waals surface area contributed by atoms with Gasteiger partial charge in [0.2, 0.25) is 0 Å². The van der Waals surface area contributed by atoms with E-state index >= 15 is 0 Å². The molecule has 1 fully saturated rings. The monoisotopic (exact) mass is 375 g/mol. The van der Waals surface area contributed by atoms with Crippen molar-refractivity contribution in [2.24, 2.45) is 0 Å². The fraction of sp³-hybridized carbons (Fsp3) is 0.533. The SMILES string of the molecule is CC(Oc1ccc(Cl)cc1)C(=O)N1CCN(S(=O)(=O)N(C)C)CC1. The van der Waals surface area contributed by atoms with Crippen LogP contribution >= 0.6 is 11.6 Å². The third-order valence-electron chi connectivity index (χ3n) is 3.81. The fourth-order valence-corrected chi connectivity index (χ4v) is 3.61. The summed E-state index contributed by atoms with van der Waals surface area (Å²) in [5, 5.41) is 0.597. The Bertz CT molecular complexity index is 670. The molecule has 1 aromatic rings. The molecule has 1 heterocycles. The van der Waals surface area contributed by atoms with Gasteiger partial charge < -0.3 is 9.64 Å². The Balaban J connectivity index is 1.91. The Hall–Kier alpha value is -1.35. The molecule has 1 aliphatic heterocycles. The van der Waals surface area contributed by atoms with Gasteiger partial charge in [0, 0.05) is 45.3 Å². The highest BCUT2D eigenvalue weighted by Gasteiger charge is 2.32. The fourth-order valence-electron chi connectivity index (χ4n) is 2.39. The molecule has 0 N–H and O–H groups in total. The van der Waals surface area contributed by atoms with Gasteiger partial charge in [-0.3, -0.25) is 4.79 Å². The average Bonchev–Trinajstić information content (AvgIpc) is 2.56. The van der Waals surface area contributed by atoms with E-state index < -0.39 is 16.3 Å². The minimum absolute atomic E-state index is 0.160. The van der Waals surface area contributed by atoms with Crippen LogP contribution in [0.4, 0.5) is 0 Å². The van der Waals surface area contributed by atoms with Crippen molar-refractivity contribution in [1.29, 1.82) is 0 Å². The summed E-state index contributed by atoms with van der Waals surface area (Å²) in [5.41, 5.74) is 0. The molecule has 1 aliphatic rings. The van der Waals surface area contributed by atoms with Crippen LogP contribution < -0.4 is 4.74 Å². The number of carbonyl (C=O) groups excluding carboxylic acids is 1. The minimum atomic E-state index is -3.44. The molecular formula is C15H22ClN3O4S. The molecule has 0 aromatic heterocycles. The van der Waals surface area contributed by atoms with Crippen LogP contribution in [0.1, 0.15) is 6.92 Å². The van der Waals surface area contributed by atoms with Crippen molar-refractivity contribution in [3.05, 3.63) is 29.3 Å². The Morgan fingerprint density at radius 3 is 2.21 bits per heavy atom. The van der Waals surface area contributed by atoms with E-state index in [4.69, 9.17) is 16.3 Å². The van der Waals surface area contributed by atoms with Crippen LogP contribution in [0.25, 0.3) is 0 Å². The Morgan fingerprint density at radius 1 is 1.17 bits per heavy atom. The number of amides is 1. The summed E-state index contributed by atoms with van der Waals surface area (Å²) in [7, 11) is -0.447. The van der Waals surface area contributed by atoms with Crippen LogP contribution in [0.3, 0.4) is 0 Å². The second kappa shape index (κ2) is 7.69. The van der Waals surface area contributed by atoms with E-state index in [0.717, 1.165) is 0 Å². The summed E-state index contributed by atoms with van der Waals surface area (Å²) in [6.07, 6.45) is -0.650. The number of rotatable bonds is 5. The first kappa shape index (κ1) is 19.0. The number of benzene rings is 1. The number of hydrogen-bond donors (Lipinski definition) is 0. The molecule has 134 valence electrons. The van der Waals surface area contributed by atoms with E-state index in [-0.39, 0.29) is 19.0 Å². The number of nitrogens with zero attached hydrogens (tertiary/aromatic N) is 3. The first-order chi connectivity index (χ1) is 11.2. The molecule has 9 heteroatoms. The molecule has 1 saturated heterocycles. The van der Waals surface area contributed by atoms with Crippen molar-refractivity contribution >= 4 is 27.7 Å². The summed E-state index contributed by atoms with van der Waals surface area (Å²) in [6, 6.07) is 6.79. The molecule has 2 rings (SSSR count). The van der Waals surface area contributed by atoms with Crippen LogP contribution in [-0.4, -0.2) is 74.2 Å². The second-order valence-corrected chi connectivity index (χ2v) is 8.31. The average molecular weight is 376 g/mol. The zero-order valence-electron chi connectivity index (χ0n) is 14.0. The molecular weight excluding hydrogens is 354 g/mol. The largest absolute Gasteiger partial charge is 0.481 e. The van der Waals surface area contributed by atoms with Gasteiger partial charge in [0.25, 0.3) is 16.1 Å². The summed E-state index contributed by atoms with van der Waals surface area (Å²) in [6.45, 7) is 2.93. The van der Waals surface area contributed by atoms with E-state index in [0.29, 0.717) is 23.9 Å². The molecule has 0 radical (unpaired) electrons. The van der Waals surface area contributed by atoms with Gasteiger partial charge in [-0.05, 0) is 31.2 Å². The quantitative estimate of drug-likeness (QED) is 0.771. The van der Waals surface area contributed by atoms with E-state index in [2.05, 4.69) is 0 Å². The highest BCUT2D eigenvalue weighted by atomic mass is 35.5. The van der Waals surface area contributed by atoms with Gasteiger partial charge in [0.05, 0.1) is 0 Å². The maximum Gasteiger partial charge on any atom is 0.281 e. The van der Waals surface area contributed by atoms with Crippen molar-refractivity contribution in [2.75, 3.05) is 40.3 Å². The van der Waals surface area contributed by atoms with Crippen LogP contribution in [-0.2, 0) is 15.0 Å². The van der Waals surface area contributed by atoms with Crippen LogP contribution in [0.5, 0.6) is 5.75 Å². The topological polar surface area (TPSA) is 70.2 Å². The Kier molecular flexibility index (Phi) is 6.08. The number of halogens is 1. The molecule has 0 spiro atoms. The maximum atomic E-state index is 12.5. The summed E-state index contributed by atoms with van der Waals surface area (Å²) < 4.78 is 32.3. The van der Waals surface area contributed by atoms with Crippen molar-refractivity contribution in [1.82, 2.24) is 13.5 Å². The van der Waals surface area contributed by atoms with E-state index in [1.807, 2.05) is 0 Å². The van der Waals surface area contributed by atoms with Gasteiger partial charge >= 0.3 is 0 Å². The lowest BCUT2D eigenvalue weighted by Gasteiger charge is -2.36. The van der Waals surface area contributed by atoms with Crippen molar-refractivity contribution in [3.8, 4) is 5.75 Å². The molecule has 1 aromatic carbocycles. The number of hydrogen-bond acceptors (Lipinski definition) is 4. The standard InChI is InChI=1S/C15H22ClN3O4S/c1-12(23-14-6-4-13(16)5-7-14)15(20)18-8-10-19(11-9-18)24(21,22)17(2)3/h4-7,12H,8-11H2,1-3H3. The molecule has 1 atom stereocenters. The first-order valence-corrected chi connectivity index (χ1v) is 9.38. The van der Waals surface area contributed by atoms with Crippen LogP contribution in [0.2, 0.25) is 5.02 Å². The molecule has 7 nitrogen and oxygen atoms in total. The predicted molar refractivity (Wildman–Crippen MR) is 92.3 cm³/mol. The van der Waals surface area contributed by atoms with E-state index in [9.17, 15) is 13.2 Å². The Labute approximate surface area is 147 Å². The predicted octanol–water partition coefficient (Wildman–Crippen LogP) is 1.06. The maximum absolute atomic E-state index is 12.5. The highest BCUT2D eigenvalue weighted by Crippen LogP contribution is 2.18. The van der Waals surface area contributed by atoms with Crippen molar-refractivity contribution in [2.45, 2.75) is 13.0 Å². The lowest BCUT2D eigenvalue weighted by atomic mass is 10.2. The number of ether oxygens (including phenoxy) is 1. The molecule has 0 saturated carbocycles. The second-order valence-electron chi connectivity index (χ2n) is 5.73. The zero-order chi connectivity index (χ0) is 17.9. The molecule has 0 bridgehead atoms. The van der Waals surface area contributed by atoms with Gasteiger partial charge in [-0.2, -0.15) is 17.0 Å². The molecule has 0 aliphatic carbocycles. The molecule has 24 heavy (non-hydrogen) atoms. The van der Waals surface area contributed by atoms with Crippen molar-refractivity contribution < 1.29 is 17.9 Å². The summed E-state index contributed by atoms with van der Waals surface area (Å²) in [5.74, 6) is 0.404. The number of carbonyl (C=O) groups is 1. The third-order valence-corrected chi connectivity index (χ3v) is 6.00. The lowest BCUT2D eigenvalue weighted by Crippen LogP contribution is -2.55. The van der Waals surface area contributed by atoms with E-state index in [1.54, 1.807) is 36.1 Å². The first-order valence-electron chi connectivity index (χ1n) is 7.60. The van der Waals surface area contributed by atoms with Gasteiger partial charge in [-0.1, -0.05) is 11.6 Å². The van der Waals surface area contributed by atoms with E-state index in [1.165, 1.54) is 22.7 Å². The summed E-state index contributed by atoms with van der Waals surface area (Å²) in [4.78, 5) is 14.1. The summed E-state index contributed by atoms with van der Waals surface area (Å²) >= 11 is 5.82. The molecule has 1 amide bonds. The van der Waals surface area contributed by atoms with Crippen molar-refractivity contribution in [3.63, 3.8) is 0 Å². The Morgan fingerprint density at radius 2 is 1.71 bits per heavy atom. The van der Waals surface area contributed by atoms with Crippen LogP contribution in [0.15, 0.2) is 24.3 Å². The van der Waals surface area contributed by atoms with Gasteiger partial charge in [-0.15, -0.1) is 0 Å².